The average Bonchev–Trinajstić information content (AvgIpc) is 3.15. The van der Waals surface area contributed by atoms with Crippen molar-refractivity contribution in [2.75, 3.05) is 31.1 Å². The smallest absolute Gasteiger partial charge is 0.193 e. The number of fused-ring (bicyclic) bond motifs is 2. The molecule has 4 rings (SSSR count). The third kappa shape index (κ3) is 3.50. The highest BCUT2D eigenvalue weighted by atomic mass is 19.1. The van der Waals surface area contributed by atoms with Crippen LogP contribution in [0.4, 0.5) is 10.1 Å². The Hall–Kier alpha value is -2.43. The van der Waals surface area contributed by atoms with Crippen molar-refractivity contribution in [1.29, 1.82) is 5.26 Å². The summed E-state index contributed by atoms with van der Waals surface area (Å²) in [6, 6.07) is 3.73. The lowest BCUT2D eigenvalue weighted by molar-refractivity contribution is 0.0212. The summed E-state index contributed by atoms with van der Waals surface area (Å²) >= 11 is 0. The number of halogens is 1. The van der Waals surface area contributed by atoms with E-state index < -0.39 is 5.82 Å². The number of nitrogens with one attached hydrogen (secondary N) is 1. The van der Waals surface area contributed by atoms with Crippen molar-refractivity contribution in [3.8, 4) is 6.07 Å². The monoisotopic (exact) mass is 440 g/mol. The van der Waals surface area contributed by atoms with Crippen LogP contribution in [0.3, 0.4) is 0 Å². The maximum atomic E-state index is 15.6. The molecule has 7 heteroatoms. The summed E-state index contributed by atoms with van der Waals surface area (Å²) in [4.78, 5) is 15.5. The first-order valence-electron chi connectivity index (χ1n) is 11.6. The molecule has 0 bridgehead atoms. The third-order valence-corrected chi connectivity index (χ3v) is 6.67. The van der Waals surface area contributed by atoms with E-state index in [1.54, 1.807) is 0 Å². The summed E-state index contributed by atoms with van der Waals surface area (Å²) in [6.07, 6.45) is -0.0350. The molecule has 0 amide bonds. The first-order valence-corrected chi connectivity index (χ1v) is 11.6. The van der Waals surface area contributed by atoms with E-state index in [1.165, 1.54) is 6.07 Å². The summed E-state index contributed by atoms with van der Waals surface area (Å²) in [5.74, 6) is -0.446. The van der Waals surface area contributed by atoms with Gasteiger partial charge in [-0.05, 0) is 31.7 Å². The van der Waals surface area contributed by atoms with Crippen LogP contribution in [0.25, 0.3) is 10.9 Å². The van der Waals surface area contributed by atoms with Gasteiger partial charge in [0.15, 0.2) is 5.43 Å². The van der Waals surface area contributed by atoms with Gasteiger partial charge in [-0.2, -0.15) is 5.26 Å². The lowest BCUT2D eigenvalue weighted by atomic mass is 9.90. The highest BCUT2D eigenvalue weighted by molar-refractivity contribution is 5.92. The van der Waals surface area contributed by atoms with Crippen LogP contribution >= 0.6 is 0 Å². The van der Waals surface area contributed by atoms with E-state index in [0.717, 1.165) is 12.2 Å². The molecule has 2 aliphatic rings. The van der Waals surface area contributed by atoms with Crippen LogP contribution in [-0.2, 0) is 4.74 Å². The number of nitrogens with zero attached hydrogens (tertiary/aromatic N) is 3. The third-order valence-electron chi connectivity index (χ3n) is 6.67. The number of hydrogen-bond donors (Lipinski definition) is 1. The number of ether oxygens (including phenoxy) is 1. The molecule has 2 aromatic rings. The summed E-state index contributed by atoms with van der Waals surface area (Å²) in [5.41, 5.74) is 2.53. The van der Waals surface area contributed by atoms with Gasteiger partial charge in [0.2, 0.25) is 0 Å². The Kier molecular flexibility index (Phi) is 6.04. The zero-order valence-electron chi connectivity index (χ0n) is 19.8. The topological polar surface area (TPSA) is 70.3 Å². The summed E-state index contributed by atoms with van der Waals surface area (Å²) in [7, 11) is 0. The van der Waals surface area contributed by atoms with Crippen LogP contribution in [0.5, 0.6) is 0 Å². The van der Waals surface area contributed by atoms with E-state index in [9.17, 15) is 10.1 Å². The highest BCUT2D eigenvalue weighted by Gasteiger charge is 2.38. The molecule has 172 valence electrons. The van der Waals surface area contributed by atoms with Crippen LogP contribution < -0.4 is 15.6 Å². The van der Waals surface area contributed by atoms with Crippen LogP contribution in [0, 0.1) is 17.1 Å². The van der Waals surface area contributed by atoms with Gasteiger partial charge < -0.3 is 19.5 Å². The largest absolute Gasteiger partial charge is 0.373 e. The second-order valence-electron chi connectivity index (χ2n) is 9.87. The first-order chi connectivity index (χ1) is 15.2. The fourth-order valence-corrected chi connectivity index (χ4v) is 5.44. The number of anilines is 1. The summed E-state index contributed by atoms with van der Waals surface area (Å²) < 4.78 is 23.6. The molecular formula is C25H33FN4O2. The molecule has 32 heavy (non-hydrogen) atoms. The van der Waals surface area contributed by atoms with Crippen molar-refractivity contribution in [2.24, 2.45) is 0 Å². The van der Waals surface area contributed by atoms with Crippen molar-refractivity contribution < 1.29 is 9.13 Å². The molecule has 1 unspecified atom stereocenters. The molecule has 0 spiro atoms. The van der Waals surface area contributed by atoms with Crippen molar-refractivity contribution in [1.82, 2.24) is 9.88 Å². The number of morpholine rings is 1. The minimum Gasteiger partial charge on any atom is -0.373 e. The van der Waals surface area contributed by atoms with Gasteiger partial charge in [0.25, 0.3) is 0 Å². The number of pyridine rings is 1. The SMILES string of the molecule is CC(C)c1c(C(C)C)n(C(C)C)c2c(C#N)c(N3CC4NCCO[C@H]4C3)c(F)cc2c1=O. The van der Waals surface area contributed by atoms with E-state index >= 15 is 4.39 Å². The number of aromatic nitrogens is 1. The molecule has 1 N–H and O–H groups in total. The summed E-state index contributed by atoms with van der Waals surface area (Å²) in [5, 5.41) is 14.0. The van der Waals surface area contributed by atoms with E-state index in [4.69, 9.17) is 4.74 Å². The van der Waals surface area contributed by atoms with Gasteiger partial charge in [-0.3, -0.25) is 4.79 Å². The molecule has 0 radical (unpaired) electrons. The van der Waals surface area contributed by atoms with Gasteiger partial charge in [-0.15, -0.1) is 0 Å². The van der Waals surface area contributed by atoms with E-state index in [2.05, 4.69) is 29.8 Å². The molecule has 1 aromatic carbocycles. The summed E-state index contributed by atoms with van der Waals surface area (Å²) in [6.45, 7) is 14.7. The number of nitriles is 1. The van der Waals surface area contributed by atoms with Gasteiger partial charge in [-0.1, -0.05) is 27.7 Å². The van der Waals surface area contributed by atoms with E-state index in [1.807, 2.05) is 32.6 Å². The van der Waals surface area contributed by atoms with Gasteiger partial charge in [0.05, 0.1) is 35.3 Å². The van der Waals surface area contributed by atoms with Crippen LogP contribution in [0.15, 0.2) is 10.9 Å². The molecule has 0 aliphatic carbocycles. The normalized spacial score (nSPS) is 21.1. The standard InChI is InChI=1S/C25H33FN4O2/c1-13(2)21-22(14(3)4)30(15(5)6)23-16(25(21)31)9-18(26)24(17(23)10-27)29-11-19-20(12-29)32-8-7-28-19/h9,13-15,19-20,28H,7-8,11-12H2,1-6H3/t19?,20-/m0/s1. The Bertz CT molecular complexity index is 1130. The fraction of sp³-hybridized carbons (Fsp3) is 0.600. The lowest BCUT2D eigenvalue weighted by Gasteiger charge is -2.29. The molecule has 6 nitrogen and oxygen atoms in total. The number of benzene rings is 1. The predicted octanol–water partition coefficient (Wildman–Crippen LogP) is 4.02. The Morgan fingerprint density at radius 1 is 1.19 bits per heavy atom. The molecule has 3 heterocycles. The van der Waals surface area contributed by atoms with Gasteiger partial charge in [0.1, 0.15) is 17.4 Å². The molecular weight excluding hydrogens is 407 g/mol. The lowest BCUT2D eigenvalue weighted by Crippen LogP contribution is -2.47. The maximum absolute atomic E-state index is 15.6. The number of rotatable bonds is 4. The second kappa shape index (κ2) is 8.49. The van der Waals surface area contributed by atoms with E-state index in [-0.39, 0.29) is 52.1 Å². The van der Waals surface area contributed by atoms with E-state index in [0.29, 0.717) is 30.8 Å². The average molecular weight is 441 g/mol. The highest BCUT2D eigenvalue weighted by Crippen LogP contribution is 2.38. The number of hydrogen-bond acceptors (Lipinski definition) is 5. The molecule has 2 fully saturated rings. The van der Waals surface area contributed by atoms with Crippen molar-refractivity contribution in [2.45, 2.75) is 71.6 Å². The van der Waals surface area contributed by atoms with Gasteiger partial charge in [0, 0.05) is 36.9 Å². The van der Waals surface area contributed by atoms with Crippen molar-refractivity contribution in [3.05, 3.63) is 38.9 Å². The molecule has 0 saturated carbocycles. The minimum absolute atomic E-state index is 0.00423. The van der Waals surface area contributed by atoms with Crippen molar-refractivity contribution in [3.63, 3.8) is 0 Å². The Labute approximate surface area is 189 Å². The van der Waals surface area contributed by atoms with Crippen LogP contribution in [0.2, 0.25) is 0 Å². The molecule has 2 atom stereocenters. The van der Waals surface area contributed by atoms with Crippen molar-refractivity contribution >= 4 is 16.6 Å². The zero-order valence-corrected chi connectivity index (χ0v) is 19.8. The quantitative estimate of drug-likeness (QED) is 0.778. The Morgan fingerprint density at radius 3 is 2.47 bits per heavy atom. The molecule has 2 saturated heterocycles. The fourth-order valence-electron chi connectivity index (χ4n) is 5.44. The van der Waals surface area contributed by atoms with Gasteiger partial charge >= 0.3 is 0 Å². The Morgan fingerprint density at radius 2 is 1.91 bits per heavy atom. The van der Waals surface area contributed by atoms with Crippen LogP contribution in [-0.4, -0.2) is 43.0 Å². The molecule has 2 aliphatic heterocycles. The molecule has 1 aromatic heterocycles. The zero-order chi connectivity index (χ0) is 23.3. The van der Waals surface area contributed by atoms with Crippen LogP contribution in [0.1, 0.15) is 76.2 Å². The minimum atomic E-state index is -0.521. The van der Waals surface area contributed by atoms with Gasteiger partial charge in [-0.25, -0.2) is 4.39 Å². The predicted molar refractivity (Wildman–Crippen MR) is 125 cm³/mol. The maximum Gasteiger partial charge on any atom is 0.193 e. The second-order valence-corrected chi connectivity index (χ2v) is 9.87. The Balaban J connectivity index is 2.07. The first kappa shape index (κ1) is 22.8.